The van der Waals surface area contributed by atoms with E-state index in [9.17, 15) is 4.79 Å². The van der Waals surface area contributed by atoms with Gasteiger partial charge in [0.2, 0.25) is 0 Å². The van der Waals surface area contributed by atoms with E-state index in [0.717, 1.165) is 22.2 Å². The molecule has 0 atom stereocenters. The van der Waals surface area contributed by atoms with Crippen molar-refractivity contribution in [2.24, 2.45) is 5.10 Å². The fourth-order valence-electron chi connectivity index (χ4n) is 1.79. The van der Waals surface area contributed by atoms with E-state index in [2.05, 4.69) is 26.5 Å². The van der Waals surface area contributed by atoms with E-state index in [0.29, 0.717) is 5.56 Å². The van der Waals surface area contributed by atoms with Crippen molar-refractivity contribution >= 4 is 27.5 Å². The number of rotatable bonds is 4. The van der Waals surface area contributed by atoms with Gasteiger partial charge in [-0.2, -0.15) is 5.10 Å². The largest absolute Gasteiger partial charge is 0.271 e. The van der Waals surface area contributed by atoms with Crippen molar-refractivity contribution in [3.05, 3.63) is 70.2 Å². The summed E-state index contributed by atoms with van der Waals surface area (Å²) >= 11 is 3.35. The zero-order valence-electron chi connectivity index (χ0n) is 11.1. The first-order valence-electron chi connectivity index (χ1n) is 6.38. The molecule has 1 amide bonds. The Morgan fingerprint density at radius 3 is 2.45 bits per heavy atom. The van der Waals surface area contributed by atoms with Crippen LogP contribution in [0.1, 0.15) is 29.3 Å². The maximum Gasteiger partial charge on any atom is 0.271 e. The SMILES string of the molecule is CCC(=NNC(=O)c1cccc(Br)c1)c1ccccc1. The normalized spacial score (nSPS) is 11.2. The summed E-state index contributed by atoms with van der Waals surface area (Å²) in [5.41, 5.74) is 5.05. The van der Waals surface area contributed by atoms with Gasteiger partial charge in [0.05, 0.1) is 5.71 Å². The molecule has 0 heterocycles. The van der Waals surface area contributed by atoms with Gasteiger partial charge in [-0.25, -0.2) is 5.43 Å². The van der Waals surface area contributed by atoms with Crippen LogP contribution in [0.15, 0.2) is 64.2 Å². The minimum Gasteiger partial charge on any atom is -0.267 e. The molecule has 0 saturated carbocycles. The monoisotopic (exact) mass is 330 g/mol. The highest BCUT2D eigenvalue weighted by Gasteiger charge is 2.06. The Balaban J connectivity index is 2.13. The number of amides is 1. The Kier molecular flexibility index (Phi) is 5.07. The van der Waals surface area contributed by atoms with Crippen molar-refractivity contribution in [2.45, 2.75) is 13.3 Å². The summed E-state index contributed by atoms with van der Waals surface area (Å²) in [6.07, 6.45) is 0.753. The molecule has 2 aromatic rings. The van der Waals surface area contributed by atoms with E-state index in [-0.39, 0.29) is 5.91 Å². The molecule has 0 aliphatic heterocycles. The number of hydrogen-bond donors (Lipinski definition) is 1. The van der Waals surface area contributed by atoms with E-state index in [1.54, 1.807) is 12.1 Å². The van der Waals surface area contributed by atoms with Gasteiger partial charge in [0.25, 0.3) is 5.91 Å². The molecule has 2 rings (SSSR count). The molecule has 2 aromatic carbocycles. The Bertz CT molecular complexity index is 623. The fourth-order valence-corrected chi connectivity index (χ4v) is 2.19. The molecular formula is C16H15BrN2O. The van der Waals surface area contributed by atoms with Crippen molar-refractivity contribution in [1.29, 1.82) is 0 Å². The third kappa shape index (κ3) is 3.78. The first-order valence-corrected chi connectivity index (χ1v) is 7.18. The zero-order chi connectivity index (χ0) is 14.4. The molecule has 0 aliphatic carbocycles. The van der Waals surface area contributed by atoms with E-state index in [1.807, 2.05) is 49.4 Å². The molecule has 0 aromatic heterocycles. The highest BCUT2D eigenvalue weighted by Crippen LogP contribution is 2.11. The number of nitrogens with one attached hydrogen (secondary N) is 1. The van der Waals surface area contributed by atoms with Crippen molar-refractivity contribution in [2.75, 3.05) is 0 Å². The van der Waals surface area contributed by atoms with Gasteiger partial charge in [-0.15, -0.1) is 0 Å². The lowest BCUT2D eigenvalue weighted by molar-refractivity contribution is 0.0954. The van der Waals surface area contributed by atoms with Crippen LogP contribution in [0.3, 0.4) is 0 Å². The van der Waals surface area contributed by atoms with Crippen LogP contribution in [0.4, 0.5) is 0 Å². The minimum atomic E-state index is -0.215. The molecule has 0 radical (unpaired) electrons. The third-order valence-electron chi connectivity index (χ3n) is 2.82. The van der Waals surface area contributed by atoms with Gasteiger partial charge in [0, 0.05) is 10.0 Å². The van der Waals surface area contributed by atoms with Crippen LogP contribution in [0.25, 0.3) is 0 Å². The molecule has 3 nitrogen and oxygen atoms in total. The lowest BCUT2D eigenvalue weighted by Gasteiger charge is -2.05. The predicted octanol–water partition coefficient (Wildman–Crippen LogP) is 3.99. The summed E-state index contributed by atoms with van der Waals surface area (Å²) in [6.45, 7) is 2.01. The van der Waals surface area contributed by atoms with Gasteiger partial charge in [0.1, 0.15) is 0 Å². The lowest BCUT2D eigenvalue weighted by atomic mass is 10.1. The first-order chi connectivity index (χ1) is 9.70. The maximum absolute atomic E-state index is 12.0. The van der Waals surface area contributed by atoms with Gasteiger partial charge in [-0.05, 0) is 30.2 Å². The van der Waals surface area contributed by atoms with Crippen molar-refractivity contribution < 1.29 is 4.79 Å². The van der Waals surface area contributed by atoms with Gasteiger partial charge >= 0.3 is 0 Å². The number of nitrogens with zero attached hydrogens (tertiary/aromatic N) is 1. The van der Waals surface area contributed by atoms with E-state index in [1.165, 1.54) is 0 Å². The topological polar surface area (TPSA) is 41.5 Å². The zero-order valence-corrected chi connectivity index (χ0v) is 12.7. The van der Waals surface area contributed by atoms with Crippen LogP contribution in [0.2, 0.25) is 0 Å². The fraction of sp³-hybridized carbons (Fsp3) is 0.125. The van der Waals surface area contributed by atoms with Crippen molar-refractivity contribution in [3.8, 4) is 0 Å². The second-order valence-corrected chi connectivity index (χ2v) is 5.15. The van der Waals surface area contributed by atoms with Gasteiger partial charge in [0.15, 0.2) is 0 Å². The van der Waals surface area contributed by atoms with E-state index >= 15 is 0 Å². The second-order valence-electron chi connectivity index (χ2n) is 4.23. The number of hydrogen-bond acceptors (Lipinski definition) is 2. The number of carbonyl (C=O) groups excluding carboxylic acids is 1. The van der Waals surface area contributed by atoms with Crippen LogP contribution < -0.4 is 5.43 Å². The smallest absolute Gasteiger partial charge is 0.267 e. The molecule has 0 saturated heterocycles. The minimum absolute atomic E-state index is 0.215. The summed E-state index contributed by atoms with van der Waals surface area (Å²) < 4.78 is 0.868. The number of halogens is 1. The van der Waals surface area contributed by atoms with E-state index < -0.39 is 0 Å². The molecule has 0 aliphatic rings. The van der Waals surface area contributed by atoms with Crippen LogP contribution in [-0.4, -0.2) is 11.6 Å². The molecule has 0 unspecified atom stereocenters. The van der Waals surface area contributed by atoms with Gasteiger partial charge in [-0.1, -0.05) is 59.3 Å². The van der Waals surface area contributed by atoms with Crippen molar-refractivity contribution in [1.82, 2.24) is 5.43 Å². The molecular weight excluding hydrogens is 316 g/mol. The number of carbonyl (C=O) groups is 1. The summed E-state index contributed by atoms with van der Waals surface area (Å²) in [5.74, 6) is -0.215. The highest BCUT2D eigenvalue weighted by molar-refractivity contribution is 9.10. The molecule has 1 N–H and O–H groups in total. The molecule has 0 spiro atoms. The summed E-state index contributed by atoms with van der Waals surface area (Å²) in [6, 6.07) is 17.0. The average molecular weight is 331 g/mol. The van der Waals surface area contributed by atoms with Crippen LogP contribution in [0, 0.1) is 0 Å². The molecule has 20 heavy (non-hydrogen) atoms. The quantitative estimate of drug-likeness (QED) is 0.668. The molecule has 0 bridgehead atoms. The van der Waals surface area contributed by atoms with Gasteiger partial charge < -0.3 is 0 Å². The average Bonchev–Trinajstić information content (AvgIpc) is 2.49. The summed E-state index contributed by atoms with van der Waals surface area (Å²) in [7, 11) is 0. The highest BCUT2D eigenvalue weighted by atomic mass is 79.9. The Hall–Kier alpha value is -1.94. The van der Waals surface area contributed by atoms with Crippen LogP contribution in [-0.2, 0) is 0 Å². The summed E-state index contributed by atoms with van der Waals surface area (Å²) in [4.78, 5) is 12.0. The van der Waals surface area contributed by atoms with Crippen LogP contribution >= 0.6 is 15.9 Å². The number of hydrazone groups is 1. The Morgan fingerprint density at radius 2 is 1.80 bits per heavy atom. The second kappa shape index (κ2) is 7.01. The summed E-state index contributed by atoms with van der Waals surface area (Å²) in [5, 5.41) is 4.22. The van der Waals surface area contributed by atoms with E-state index in [4.69, 9.17) is 0 Å². The number of benzene rings is 2. The Labute approximate surface area is 126 Å². The lowest BCUT2D eigenvalue weighted by Crippen LogP contribution is -2.19. The van der Waals surface area contributed by atoms with Crippen molar-refractivity contribution in [3.63, 3.8) is 0 Å². The molecule has 4 heteroatoms. The standard InChI is InChI=1S/C16H15BrN2O/c1-2-15(12-7-4-3-5-8-12)18-19-16(20)13-9-6-10-14(17)11-13/h3-11H,2H2,1H3,(H,19,20). The molecule has 0 fully saturated rings. The van der Waals surface area contributed by atoms with Gasteiger partial charge in [-0.3, -0.25) is 4.79 Å². The Morgan fingerprint density at radius 1 is 1.10 bits per heavy atom. The molecule has 102 valence electrons. The third-order valence-corrected chi connectivity index (χ3v) is 3.31. The predicted molar refractivity (Wildman–Crippen MR) is 84.9 cm³/mol. The first kappa shape index (κ1) is 14.5. The van der Waals surface area contributed by atoms with Crippen LogP contribution in [0.5, 0.6) is 0 Å². The maximum atomic E-state index is 12.0.